The highest BCUT2D eigenvalue weighted by Crippen LogP contribution is 2.43. The van der Waals surface area contributed by atoms with E-state index in [1.807, 2.05) is 13.8 Å². The minimum atomic E-state index is -1.06. The van der Waals surface area contributed by atoms with Crippen LogP contribution in [0.4, 0.5) is 0 Å². The Morgan fingerprint density at radius 2 is 2.10 bits per heavy atom. The zero-order valence-electron chi connectivity index (χ0n) is 12.5. The van der Waals surface area contributed by atoms with Gasteiger partial charge >= 0.3 is 5.69 Å². The highest BCUT2D eigenvalue weighted by Gasteiger charge is 2.54. The van der Waals surface area contributed by atoms with Crippen molar-refractivity contribution >= 4 is 0 Å². The van der Waals surface area contributed by atoms with E-state index in [1.54, 1.807) is 6.92 Å². The number of H-pyrrole nitrogens is 1. The van der Waals surface area contributed by atoms with Gasteiger partial charge in [0.15, 0.2) is 5.72 Å². The van der Waals surface area contributed by atoms with Crippen molar-refractivity contribution in [2.45, 2.75) is 51.5 Å². The van der Waals surface area contributed by atoms with E-state index in [1.165, 1.54) is 10.8 Å². The third-order valence-corrected chi connectivity index (χ3v) is 4.38. The Bertz CT molecular complexity index is 623. The number of aliphatic hydroxyl groups excluding tert-OH is 2. The van der Waals surface area contributed by atoms with E-state index in [0.717, 1.165) is 0 Å². The summed E-state index contributed by atoms with van der Waals surface area (Å²) in [6.07, 6.45) is 0.869. The first kappa shape index (κ1) is 15.9. The van der Waals surface area contributed by atoms with Crippen molar-refractivity contribution in [3.8, 4) is 0 Å². The summed E-state index contributed by atoms with van der Waals surface area (Å²) in [7, 11) is 0. The number of rotatable bonds is 4. The molecule has 7 nitrogen and oxygen atoms in total. The zero-order valence-corrected chi connectivity index (χ0v) is 12.5. The first-order valence-corrected chi connectivity index (χ1v) is 7.21. The molecule has 1 aromatic rings. The van der Waals surface area contributed by atoms with Crippen LogP contribution in [0.5, 0.6) is 0 Å². The SMILES string of the molecule is CCC1[C@H](O)[C@@H](CO)O[C@@]1(CC)n1cc(C)c(=O)[nH]c1=O. The van der Waals surface area contributed by atoms with Crippen LogP contribution in [-0.2, 0) is 10.5 Å². The van der Waals surface area contributed by atoms with Crippen molar-refractivity contribution in [3.05, 3.63) is 32.6 Å². The smallest absolute Gasteiger partial charge is 0.330 e. The van der Waals surface area contributed by atoms with Crippen LogP contribution >= 0.6 is 0 Å². The molecule has 1 unspecified atom stereocenters. The normalized spacial score (nSPS) is 32.5. The maximum Gasteiger partial charge on any atom is 0.330 e. The molecule has 0 amide bonds. The average molecular weight is 298 g/mol. The van der Waals surface area contributed by atoms with Gasteiger partial charge in [-0.25, -0.2) is 4.79 Å². The lowest BCUT2D eigenvalue weighted by molar-refractivity contribution is -0.135. The van der Waals surface area contributed by atoms with Gasteiger partial charge in [0.05, 0.1) is 12.7 Å². The molecule has 118 valence electrons. The second-order valence-electron chi connectivity index (χ2n) is 5.48. The van der Waals surface area contributed by atoms with Gasteiger partial charge < -0.3 is 14.9 Å². The van der Waals surface area contributed by atoms with Gasteiger partial charge in [-0.05, 0) is 19.8 Å². The van der Waals surface area contributed by atoms with Crippen LogP contribution < -0.4 is 11.2 Å². The van der Waals surface area contributed by atoms with Gasteiger partial charge in [-0.1, -0.05) is 13.8 Å². The van der Waals surface area contributed by atoms with E-state index in [2.05, 4.69) is 4.98 Å². The minimum absolute atomic E-state index is 0.323. The molecule has 21 heavy (non-hydrogen) atoms. The lowest BCUT2D eigenvalue weighted by atomic mass is 9.87. The largest absolute Gasteiger partial charge is 0.394 e. The molecule has 0 radical (unpaired) electrons. The summed E-state index contributed by atoms with van der Waals surface area (Å²) >= 11 is 0. The highest BCUT2D eigenvalue weighted by atomic mass is 16.6. The number of aromatic nitrogens is 2. The Balaban J connectivity index is 2.64. The molecule has 0 aromatic carbocycles. The maximum atomic E-state index is 12.2. The van der Waals surface area contributed by atoms with Crippen molar-refractivity contribution in [2.75, 3.05) is 6.61 Å². The zero-order chi connectivity index (χ0) is 15.8. The highest BCUT2D eigenvalue weighted by molar-refractivity contribution is 5.06. The van der Waals surface area contributed by atoms with Crippen LogP contribution in [0, 0.1) is 12.8 Å². The molecule has 2 heterocycles. The molecule has 1 aromatic heterocycles. The van der Waals surface area contributed by atoms with Crippen molar-refractivity contribution in [2.24, 2.45) is 5.92 Å². The van der Waals surface area contributed by atoms with Gasteiger partial charge in [-0.3, -0.25) is 14.3 Å². The van der Waals surface area contributed by atoms with E-state index in [-0.39, 0.29) is 12.5 Å². The first-order chi connectivity index (χ1) is 9.91. The second kappa shape index (κ2) is 5.75. The van der Waals surface area contributed by atoms with E-state index in [9.17, 15) is 19.8 Å². The molecule has 0 aliphatic carbocycles. The molecule has 4 atom stereocenters. The molecule has 1 aliphatic heterocycles. The Labute approximate surface area is 122 Å². The van der Waals surface area contributed by atoms with Crippen molar-refractivity contribution in [3.63, 3.8) is 0 Å². The number of hydrogen-bond acceptors (Lipinski definition) is 5. The molecule has 1 saturated heterocycles. The quantitative estimate of drug-likeness (QED) is 0.707. The number of hydrogen-bond donors (Lipinski definition) is 3. The van der Waals surface area contributed by atoms with Gasteiger partial charge in [-0.15, -0.1) is 0 Å². The van der Waals surface area contributed by atoms with Crippen molar-refractivity contribution in [1.82, 2.24) is 9.55 Å². The fourth-order valence-electron chi connectivity index (χ4n) is 3.25. The Hall–Kier alpha value is -1.44. The maximum absolute atomic E-state index is 12.2. The molecule has 1 aliphatic rings. The molecule has 7 heteroatoms. The minimum Gasteiger partial charge on any atom is -0.394 e. The summed E-state index contributed by atoms with van der Waals surface area (Å²) in [5.41, 5.74) is -1.68. The first-order valence-electron chi connectivity index (χ1n) is 7.21. The molecule has 3 N–H and O–H groups in total. The number of nitrogens with one attached hydrogen (secondary N) is 1. The predicted molar refractivity (Wildman–Crippen MR) is 76.1 cm³/mol. The number of ether oxygens (including phenoxy) is 1. The molecule has 1 fully saturated rings. The van der Waals surface area contributed by atoms with Crippen LogP contribution in [0.3, 0.4) is 0 Å². The number of aromatic amines is 1. The van der Waals surface area contributed by atoms with E-state index in [0.29, 0.717) is 18.4 Å². The van der Waals surface area contributed by atoms with Gasteiger partial charge in [0.25, 0.3) is 5.56 Å². The summed E-state index contributed by atoms with van der Waals surface area (Å²) in [5.74, 6) is -0.345. The van der Waals surface area contributed by atoms with Gasteiger partial charge in [0, 0.05) is 17.7 Å². The summed E-state index contributed by atoms with van der Waals surface area (Å²) in [6.45, 7) is 5.03. The summed E-state index contributed by atoms with van der Waals surface area (Å²) in [6, 6.07) is 0. The molecule has 0 bridgehead atoms. The fourth-order valence-corrected chi connectivity index (χ4v) is 3.25. The molecular formula is C14H22N2O5. The van der Waals surface area contributed by atoms with Crippen LogP contribution in [0.15, 0.2) is 15.8 Å². The standard InChI is InChI=1S/C14H22N2O5/c1-4-9-11(18)10(7-17)21-14(9,5-2)16-6-8(3)12(19)15-13(16)20/h6,9-11,17-18H,4-5,7H2,1-3H3,(H,15,19,20)/t9?,10-,11+,14-/m1/s1. The Morgan fingerprint density at radius 1 is 1.43 bits per heavy atom. The Morgan fingerprint density at radius 3 is 2.62 bits per heavy atom. The summed E-state index contributed by atoms with van der Waals surface area (Å²) in [5, 5.41) is 19.7. The predicted octanol–water partition coefficient (Wildman–Crippen LogP) is -0.314. The fraction of sp³-hybridized carbons (Fsp3) is 0.714. The van der Waals surface area contributed by atoms with Crippen LogP contribution in [0.1, 0.15) is 32.3 Å². The lowest BCUT2D eigenvalue weighted by Gasteiger charge is -2.35. The second-order valence-corrected chi connectivity index (χ2v) is 5.48. The number of aryl methyl sites for hydroxylation is 1. The molecule has 0 spiro atoms. The van der Waals surface area contributed by atoms with Crippen LogP contribution in [0.2, 0.25) is 0 Å². The number of nitrogens with zero attached hydrogens (tertiary/aromatic N) is 1. The monoisotopic (exact) mass is 298 g/mol. The average Bonchev–Trinajstić information content (AvgIpc) is 2.75. The van der Waals surface area contributed by atoms with Crippen molar-refractivity contribution < 1.29 is 14.9 Å². The van der Waals surface area contributed by atoms with Crippen molar-refractivity contribution in [1.29, 1.82) is 0 Å². The molecule has 2 rings (SSSR count). The van der Waals surface area contributed by atoms with E-state index in [4.69, 9.17) is 4.74 Å². The van der Waals surface area contributed by atoms with E-state index >= 15 is 0 Å². The topological polar surface area (TPSA) is 105 Å². The van der Waals surface area contributed by atoms with E-state index < -0.39 is 29.2 Å². The lowest BCUT2D eigenvalue weighted by Crippen LogP contribution is -2.48. The third-order valence-electron chi connectivity index (χ3n) is 4.38. The molecular weight excluding hydrogens is 276 g/mol. The van der Waals surface area contributed by atoms with Gasteiger partial charge in [0.2, 0.25) is 0 Å². The molecule has 0 saturated carbocycles. The third kappa shape index (κ3) is 2.35. The summed E-state index contributed by atoms with van der Waals surface area (Å²) in [4.78, 5) is 26.0. The number of aliphatic hydroxyl groups is 2. The van der Waals surface area contributed by atoms with Crippen LogP contribution in [-0.4, -0.2) is 38.6 Å². The van der Waals surface area contributed by atoms with Gasteiger partial charge in [-0.2, -0.15) is 0 Å². The summed E-state index contributed by atoms with van der Waals surface area (Å²) < 4.78 is 7.21. The Kier molecular flexibility index (Phi) is 4.36. The van der Waals surface area contributed by atoms with Crippen LogP contribution in [0.25, 0.3) is 0 Å². The van der Waals surface area contributed by atoms with Gasteiger partial charge in [0.1, 0.15) is 6.10 Å².